The second-order valence-corrected chi connectivity index (χ2v) is 9.59. The van der Waals surface area contributed by atoms with Crippen LogP contribution >= 0.6 is 0 Å². The first-order valence-corrected chi connectivity index (χ1v) is 12.7. The Kier molecular flexibility index (Phi) is 8.55. The Hall–Kier alpha value is -3.02. The molecular formula is C30H32F4O2. The van der Waals surface area contributed by atoms with Crippen molar-refractivity contribution in [3.05, 3.63) is 77.4 Å². The summed E-state index contributed by atoms with van der Waals surface area (Å²) in [5.41, 5.74) is 1.84. The van der Waals surface area contributed by atoms with Gasteiger partial charge in [-0.05, 0) is 79.8 Å². The number of unbranched alkanes of at least 4 members (excludes halogenated alkanes) is 1. The van der Waals surface area contributed by atoms with Gasteiger partial charge in [-0.25, -0.2) is 8.78 Å². The van der Waals surface area contributed by atoms with Crippen LogP contribution in [0.25, 0.3) is 11.1 Å². The summed E-state index contributed by atoms with van der Waals surface area (Å²) in [4.78, 5) is 0. The van der Waals surface area contributed by atoms with Crippen molar-refractivity contribution in [1.82, 2.24) is 0 Å². The number of aryl methyl sites for hydroxylation is 1. The normalized spacial score (nSPS) is 17.9. The Labute approximate surface area is 210 Å². The maximum Gasteiger partial charge on any atom is 0.387 e. The van der Waals surface area contributed by atoms with Gasteiger partial charge < -0.3 is 9.47 Å². The second kappa shape index (κ2) is 11.8. The van der Waals surface area contributed by atoms with Gasteiger partial charge in [0.25, 0.3) is 0 Å². The number of ether oxygens (including phenoxy) is 2. The van der Waals surface area contributed by atoms with Crippen molar-refractivity contribution >= 4 is 0 Å². The van der Waals surface area contributed by atoms with Crippen LogP contribution in [-0.2, 0) is 0 Å². The van der Waals surface area contributed by atoms with Crippen molar-refractivity contribution in [2.75, 3.05) is 0 Å². The second-order valence-electron chi connectivity index (χ2n) is 9.59. The van der Waals surface area contributed by atoms with Crippen LogP contribution in [0.1, 0.15) is 68.9 Å². The molecule has 1 saturated carbocycles. The summed E-state index contributed by atoms with van der Waals surface area (Å²) in [5.74, 6) is -0.229. The Morgan fingerprint density at radius 3 is 2.31 bits per heavy atom. The van der Waals surface area contributed by atoms with Gasteiger partial charge in [0.15, 0.2) is 11.6 Å². The number of rotatable bonds is 9. The summed E-state index contributed by atoms with van der Waals surface area (Å²) in [6.45, 7) is 0.905. The van der Waals surface area contributed by atoms with Gasteiger partial charge in [-0.1, -0.05) is 56.5 Å². The van der Waals surface area contributed by atoms with Crippen molar-refractivity contribution in [2.24, 2.45) is 5.92 Å². The number of halogens is 4. The van der Waals surface area contributed by atoms with E-state index in [1.165, 1.54) is 31.0 Å². The van der Waals surface area contributed by atoms with E-state index in [9.17, 15) is 8.78 Å². The first kappa shape index (κ1) is 26.1. The van der Waals surface area contributed by atoms with E-state index < -0.39 is 18.2 Å². The van der Waals surface area contributed by atoms with E-state index in [1.54, 1.807) is 37.3 Å². The van der Waals surface area contributed by atoms with Gasteiger partial charge in [0.05, 0.1) is 0 Å². The largest absolute Gasteiger partial charge is 0.453 e. The van der Waals surface area contributed by atoms with Crippen LogP contribution in [0.5, 0.6) is 17.2 Å². The van der Waals surface area contributed by atoms with Crippen molar-refractivity contribution in [1.29, 1.82) is 0 Å². The standard InChI is InChI=1S/C30H32F4O2/c1-3-4-7-20-10-12-22(13-11-20)27-25(31)18-19(2)29(28(27)32)36-26-9-6-5-8-24(26)21-14-16-23(17-15-21)35-30(33)34/h5-6,8-9,14-18,20,22,30H,3-4,7,10-13H2,1-2H3. The number of alkyl halides is 2. The van der Waals surface area contributed by atoms with Gasteiger partial charge in [-0.15, -0.1) is 0 Å². The summed E-state index contributed by atoms with van der Waals surface area (Å²) >= 11 is 0. The Bertz CT molecular complexity index is 1150. The van der Waals surface area contributed by atoms with Gasteiger partial charge in [0.1, 0.15) is 17.3 Å². The lowest BCUT2D eigenvalue weighted by Gasteiger charge is -2.29. The van der Waals surface area contributed by atoms with Gasteiger partial charge >= 0.3 is 6.61 Å². The SMILES string of the molecule is CCCCC1CCC(c2c(F)cc(C)c(Oc3ccccc3-c3ccc(OC(F)F)cc3)c2F)CC1. The third kappa shape index (κ3) is 6.03. The highest BCUT2D eigenvalue weighted by atomic mass is 19.3. The van der Waals surface area contributed by atoms with Gasteiger partial charge in [-0.2, -0.15) is 8.78 Å². The average Bonchev–Trinajstić information content (AvgIpc) is 2.86. The van der Waals surface area contributed by atoms with Gasteiger partial charge in [0.2, 0.25) is 0 Å². The van der Waals surface area contributed by atoms with Crippen molar-refractivity contribution in [3.63, 3.8) is 0 Å². The van der Waals surface area contributed by atoms with Crippen LogP contribution in [-0.4, -0.2) is 6.61 Å². The molecule has 6 heteroatoms. The molecule has 0 bridgehead atoms. The van der Waals surface area contributed by atoms with Gasteiger partial charge in [-0.3, -0.25) is 0 Å². The molecule has 1 aliphatic rings. The van der Waals surface area contributed by atoms with Gasteiger partial charge in [0, 0.05) is 11.1 Å². The van der Waals surface area contributed by atoms with Crippen LogP contribution in [0.3, 0.4) is 0 Å². The number of hydrogen-bond acceptors (Lipinski definition) is 2. The van der Waals surface area contributed by atoms with Crippen molar-refractivity contribution in [2.45, 2.75) is 71.3 Å². The van der Waals surface area contributed by atoms with E-state index in [2.05, 4.69) is 11.7 Å². The number of benzene rings is 3. The summed E-state index contributed by atoms with van der Waals surface area (Å²) in [6, 6.07) is 14.6. The first-order chi connectivity index (χ1) is 17.4. The molecule has 4 rings (SSSR count). The summed E-state index contributed by atoms with van der Waals surface area (Å²) in [7, 11) is 0. The van der Waals surface area contributed by atoms with E-state index in [-0.39, 0.29) is 23.0 Å². The molecule has 0 spiro atoms. The molecular weight excluding hydrogens is 468 g/mol. The molecule has 192 valence electrons. The third-order valence-corrected chi connectivity index (χ3v) is 7.11. The molecule has 1 fully saturated rings. The zero-order chi connectivity index (χ0) is 25.7. The summed E-state index contributed by atoms with van der Waals surface area (Å²) < 4.78 is 66.3. The molecule has 3 aromatic carbocycles. The highest BCUT2D eigenvalue weighted by molar-refractivity contribution is 5.71. The topological polar surface area (TPSA) is 18.5 Å². The molecule has 1 aliphatic carbocycles. The minimum absolute atomic E-state index is 0.0182. The van der Waals surface area contributed by atoms with E-state index in [0.29, 0.717) is 28.4 Å². The molecule has 0 atom stereocenters. The molecule has 0 saturated heterocycles. The minimum Gasteiger partial charge on any atom is -0.453 e. The van der Waals surface area contributed by atoms with E-state index in [1.807, 2.05) is 6.07 Å². The van der Waals surface area contributed by atoms with Crippen LogP contribution in [0.4, 0.5) is 17.6 Å². The fourth-order valence-electron chi connectivity index (χ4n) is 5.19. The smallest absolute Gasteiger partial charge is 0.387 e. The molecule has 0 radical (unpaired) electrons. The molecule has 0 N–H and O–H groups in total. The Morgan fingerprint density at radius 2 is 1.64 bits per heavy atom. The van der Waals surface area contributed by atoms with E-state index >= 15 is 8.78 Å². The number of hydrogen-bond donors (Lipinski definition) is 0. The lowest BCUT2D eigenvalue weighted by Crippen LogP contribution is -2.16. The average molecular weight is 501 g/mol. The zero-order valence-corrected chi connectivity index (χ0v) is 20.7. The predicted octanol–water partition coefficient (Wildman–Crippen LogP) is 9.80. The monoisotopic (exact) mass is 500 g/mol. The van der Waals surface area contributed by atoms with Crippen molar-refractivity contribution < 1.29 is 27.0 Å². The predicted molar refractivity (Wildman–Crippen MR) is 134 cm³/mol. The van der Waals surface area contributed by atoms with Crippen LogP contribution in [0, 0.1) is 24.5 Å². The summed E-state index contributed by atoms with van der Waals surface area (Å²) in [5, 5.41) is 0. The maximum atomic E-state index is 15.8. The minimum atomic E-state index is -2.91. The van der Waals surface area contributed by atoms with Crippen LogP contribution in [0.15, 0.2) is 54.6 Å². The zero-order valence-electron chi connectivity index (χ0n) is 20.7. The molecule has 0 amide bonds. The molecule has 2 nitrogen and oxygen atoms in total. The van der Waals surface area contributed by atoms with Crippen LogP contribution < -0.4 is 9.47 Å². The first-order valence-electron chi connectivity index (χ1n) is 12.7. The maximum absolute atomic E-state index is 15.8. The highest BCUT2D eigenvalue weighted by Gasteiger charge is 2.29. The Balaban J connectivity index is 1.59. The van der Waals surface area contributed by atoms with E-state index in [0.717, 1.165) is 32.1 Å². The molecule has 0 aliphatic heterocycles. The molecule has 3 aromatic rings. The van der Waals surface area contributed by atoms with E-state index in [4.69, 9.17) is 4.74 Å². The Morgan fingerprint density at radius 1 is 0.944 bits per heavy atom. The lowest BCUT2D eigenvalue weighted by molar-refractivity contribution is -0.0498. The molecule has 0 heterocycles. The highest BCUT2D eigenvalue weighted by Crippen LogP contribution is 2.44. The van der Waals surface area contributed by atoms with Crippen LogP contribution in [0.2, 0.25) is 0 Å². The molecule has 36 heavy (non-hydrogen) atoms. The quantitative estimate of drug-likeness (QED) is 0.272. The lowest BCUT2D eigenvalue weighted by atomic mass is 9.76. The fraction of sp³-hybridized carbons (Fsp3) is 0.400. The third-order valence-electron chi connectivity index (χ3n) is 7.11. The number of para-hydroxylation sites is 1. The summed E-state index contributed by atoms with van der Waals surface area (Å²) in [6.07, 6.45) is 7.06. The van der Waals surface area contributed by atoms with Crippen molar-refractivity contribution in [3.8, 4) is 28.4 Å². The molecule has 0 aromatic heterocycles. The molecule has 0 unspecified atom stereocenters. The fourth-order valence-corrected chi connectivity index (χ4v) is 5.19.